The molecule has 1 atom stereocenters. The van der Waals surface area contributed by atoms with Crippen LogP contribution in [-0.2, 0) is 16.1 Å². The number of carbonyl (C=O) groups excluding carboxylic acids is 2. The van der Waals surface area contributed by atoms with Crippen molar-refractivity contribution in [3.8, 4) is 0 Å². The SMILES string of the molecule is CC1(NC(=O)OCc2ccccc2)CCC(Cl)=C(C=O)C1. The van der Waals surface area contributed by atoms with Crippen molar-refractivity contribution >= 4 is 24.0 Å². The molecule has 0 bridgehead atoms. The van der Waals surface area contributed by atoms with Gasteiger partial charge in [-0.05, 0) is 31.7 Å². The predicted molar refractivity (Wildman–Crippen MR) is 81.0 cm³/mol. The molecule has 0 saturated heterocycles. The molecule has 0 saturated carbocycles. The number of nitrogens with one attached hydrogen (secondary N) is 1. The average molecular weight is 308 g/mol. The monoisotopic (exact) mass is 307 g/mol. The van der Waals surface area contributed by atoms with E-state index >= 15 is 0 Å². The van der Waals surface area contributed by atoms with Gasteiger partial charge in [-0.2, -0.15) is 0 Å². The minimum Gasteiger partial charge on any atom is -0.445 e. The maximum atomic E-state index is 11.9. The summed E-state index contributed by atoms with van der Waals surface area (Å²) in [5.41, 5.74) is 0.981. The highest BCUT2D eigenvalue weighted by Crippen LogP contribution is 2.33. The molecule has 2 rings (SSSR count). The second-order valence-corrected chi connectivity index (χ2v) is 5.93. The lowest BCUT2D eigenvalue weighted by molar-refractivity contribution is -0.105. The van der Waals surface area contributed by atoms with Crippen LogP contribution in [0.2, 0.25) is 0 Å². The molecule has 1 amide bonds. The van der Waals surface area contributed by atoms with Gasteiger partial charge in [0.15, 0.2) is 0 Å². The zero-order valence-corrected chi connectivity index (χ0v) is 12.7. The molecule has 0 aromatic heterocycles. The first kappa shape index (κ1) is 15.6. The highest BCUT2D eigenvalue weighted by Gasteiger charge is 2.32. The summed E-state index contributed by atoms with van der Waals surface area (Å²) >= 11 is 5.99. The molecule has 21 heavy (non-hydrogen) atoms. The standard InChI is InChI=1S/C16H18ClNO3/c1-16(8-7-14(17)13(9-16)10-19)18-15(20)21-11-12-5-3-2-4-6-12/h2-6,10H,7-9,11H2,1H3,(H,18,20). The quantitative estimate of drug-likeness (QED) is 0.866. The van der Waals surface area contributed by atoms with Crippen LogP contribution in [0, 0.1) is 0 Å². The van der Waals surface area contributed by atoms with Crippen LogP contribution < -0.4 is 5.32 Å². The number of halogens is 1. The Morgan fingerprint density at radius 2 is 2.14 bits per heavy atom. The highest BCUT2D eigenvalue weighted by atomic mass is 35.5. The summed E-state index contributed by atoms with van der Waals surface area (Å²) in [7, 11) is 0. The number of amides is 1. The lowest BCUT2D eigenvalue weighted by Gasteiger charge is -2.34. The first-order valence-corrected chi connectivity index (χ1v) is 7.22. The Hall–Kier alpha value is -1.81. The van der Waals surface area contributed by atoms with Crippen molar-refractivity contribution in [2.45, 2.75) is 38.3 Å². The summed E-state index contributed by atoms with van der Waals surface area (Å²) in [6.07, 6.45) is 1.98. The second-order valence-electron chi connectivity index (χ2n) is 5.47. The Morgan fingerprint density at radius 1 is 1.43 bits per heavy atom. The van der Waals surface area contributed by atoms with Crippen LogP contribution >= 0.6 is 11.6 Å². The van der Waals surface area contributed by atoms with Crippen molar-refractivity contribution in [1.29, 1.82) is 0 Å². The van der Waals surface area contributed by atoms with Crippen molar-refractivity contribution in [2.24, 2.45) is 0 Å². The van der Waals surface area contributed by atoms with Crippen LogP contribution in [-0.4, -0.2) is 17.9 Å². The largest absolute Gasteiger partial charge is 0.445 e. The zero-order chi connectivity index (χ0) is 15.3. The van der Waals surface area contributed by atoms with Crippen molar-refractivity contribution in [2.75, 3.05) is 0 Å². The molecule has 4 nitrogen and oxygen atoms in total. The van der Waals surface area contributed by atoms with Gasteiger partial charge in [-0.15, -0.1) is 0 Å². The zero-order valence-electron chi connectivity index (χ0n) is 11.9. The molecule has 0 fully saturated rings. The third-order valence-electron chi connectivity index (χ3n) is 3.58. The maximum Gasteiger partial charge on any atom is 0.407 e. The fraction of sp³-hybridized carbons (Fsp3) is 0.375. The van der Waals surface area contributed by atoms with E-state index in [0.717, 1.165) is 11.8 Å². The van der Waals surface area contributed by atoms with Crippen LogP contribution in [0.3, 0.4) is 0 Å². The number of hydrogen-bond acceptors (Lipinski definition) is 3. The Kier molecular flexibility index (Phi) is 5.02. The first-order valence-electron chi connectivity index (χ1n) is 6.84. The molecule has 1 aliphatic carbocycles. The highest BCUT2D eigenvalue weighted by molar-refractivity contribution is 6.31. The number of aldehydes is 1. The third kappa shape index (κ3) is 4.33. The van der Waals surface area contributed by atoms with Gasteiger partial charge < -0.3 is 10.1 Å². The van der Waals surface area contributed by atoms with Gasteiger partial charge in [0, 0.05) is 16.1 Å². The predicted octanol–water partition coefficient (Wildman–Crippen LogP) is 3.55. The number of rotatable bonds is 4. The number of carbonyl (C=O) groups is 2. The Labute approximate surface area is 129 Å². The van der Waals surface area contributed by atoms with Crippen molar-refractivity contribution < 1.29 is 14.3 Å². The van der Waals surface area contributed by atoms with Gasteiger partial charge in [0.1, 0.15) is 12.9 Å². The summed E-state index contributed by atoms with van der Waals surface area (Å²) in [6, 6.07) is 9.47. The number of allylic oxidation sites excluding steroid dienone is 1. The molecule has 5 heteroatoms. The van der Waals surface area contributed by atoms with E-state index in [1.165, 1.54) is 0 Å². The molecule has 0 heterocycles. The van der Waals surface area contributed by atoms with E-state index in [1.54, 1.807) is 0 Å². The van der Waals surface area contributed by atoms with Gasteiger partial charge in [-0.1, -0.05) is 41.9 Å². The molecule has 0 aliphatic heterocycles. The first-order chi connectivity index (χ1) is 10.0. The van der Waals surface area contributed by atoms with Crippen molar-refractivity contribution in [3.05, 3.63) is 46.5 Å². The summed E-state index contributed by atoms with van der Waals surface area (Å²) < 4.78 is 5.20. The number of benzene rings is 1. The van der Waals surface area contributed by atoms with Crippen LogP contribution in [0.1, 0.15) is 31.7 Å². The Balaban J connectivity index is 1.89. The Bertz CT molecular complexity index is 556. The fourth-order valence-corrected chi connectivity index (χ4v) is 2.57. The molecular weight excluding hydrogens is 290 g/mol. The summed E-state index contributed by atoms with van der Waals surface area (Å²) in [6.45, 7) is 2.11. The molecule has 0 radical (unpaired) electrons. The van der Waals surface area contributed by atoms with E-state index in [4.69, 9.17) is 16.3 Å². The second kappa shape index (κ2) is 6.76. The molecule has 1 N–H and O–H groups in total. The Morgan fingerprint density at radius 3 is 2.81 bits per heavy atom. The van der Waals surface area contributed by atoms with E-state index < -0.39 is 11.6 Å². The number of alkyl carbamates (subject to hydrolysis) is 1. The van der Waals surface area contributed by atoms with Gasteiger partial charge in [-0.25, -0.2) is 4.79 Å². The lowest BCUT2D eigenvalue weighted by atomic mass is 9.83. The molecule has 0 spiro atoms. The van der Waals surface area contributed by atoms with E-state index in [0.29, 0.717) is 29.9 Å². The topological polar surface area (TPSA) is 55.4 Å². The average Bonchev–Trinajstić information content (AvgIpc) is 2.49. The van der Waals surface area contributed by atoms with E-state index in [1.807, 2.05) is 37.3 Å². The fourth-order valence-electron chi connectivity index (χ4n) is 2.37. The smallest absolute Gasteiger partial charge is 0.407 e. The molecule has 1 aromatic rings. The van der Waals surface area contributed by atoms with Crippen LogP contribution in [0.25, 0.3) is 0 Å². The minimum absolute atomic E-state index is 0.222. The number of ether oxygens (including phenoxy) is 1. The number of hydrogen-bond donors (Lipinski definition) is 1. The van der Waals surface area contributed by atoms with Crippen LogP contribution in [0.5, 0.6) is 0 Å². The van der Waals surface area contributed by atoms with Gasteiger partial charge in [0.25, 0.3) is 0 Å². The summed E-state index contributed by atoms with van der Waals surface area (Å²) in [4.78, 5) is 22.9. The van der Waals surface area contributed by atoms with Crippen LogP contribution in [0.4, 0.5) is 4.79 Å². The maximum absolute atomic E-state index is 11.9. The van der Waals surface area contributed by atoms with E-state index in [9.17, 15) is 9.59 Å². The normalized spacial score (nSPS) is 21.8. The van der Waals surface area contributed by atoms with E-state index in [2.05, 4.69) is 5.32 Å². The van der Waals surface area contributed by atoms with Crippen molar-refractivity contribution in [3.63, 3.8) is 0 Å². The van der Waals surface area contributed by atoms with Crippen LogP contribution in [0.15, 0.2) is 40.9 Å². The van der Waals surface area contributed by atoms with Gasteiger partial charge in [-0.3, -0.25) is 4.79 Å². The summed E-state index contributed by atoms with van der Waals surface area (Å²) in [5, 5.41) is 3.42. The van der Waals surface area contributed by atoms with E-state index in [-0.39, 0.29) is 6.61 Å². The van der Waals surface area contributed by atoms with Gasteiger partial charge >= 0.3 is 6.09 Å². The van der Waals surface area contributed by atoms with Gasteiger partial charge in [0.05, 0.1) is 0 Å². The summed E-state index contributed by atoms with van der Waals surface area (Å²) in [5.74, 6) is 0. The van der Waals surface area contributed by atoms with Gasteiger partial charge in [0.2, 0.25) is 0 Å². The molecule has 1 aromatic carbocycles. The molecule has 1 unspecified atom stereocenters. The molecular formula is C16H18ClNO3. The lowest BCUT2D eigenvalue weighted by Crippen LogP contribution is -2.47. The molecule has 1 aliphatic rings. The minimum atomic E-state index is -0.498. The van der Waals surface area contributed by atoms with Crippen molar-refractivity contribution in [1.82, 2.24) is 5.32 Å². The third-order valence-corrected chi connectivity index (χ3v) is 4.02. The molecule has 112 valence electrons.